The zero-order chi connectivity index (χ0) is 16.4. The van der Waals surface area contributed by atoms with Gasteiger partial charge >= 0.3 is 0 Å². The molecule has 0 saturated carbocycles. The quantitative estimate of drug-likeness (QED) is 0.861. The van der Waals surface area contributed by atoms with Crippen LogP contribution in [0.5, 0.6) is 0 Å². The van der Waals surface area contributed by atoms with E-state index in [2.05, 4.69) is 21.2 Å². The van der Waals surface area contributed by atoms with Crippen LogP contribution in [0, 0.1) is 5.92 Å². The van der Waals surface area contributed by atoms with Gasteiger partial charge in [0.25, 0.3) is 0 Å². The monoisotopic (exact) mass is 392 g/mol. The summed E-state index contributed by atoms with van der Waals surface area (Å²) in [7, 11) is 0. The van der Waals surface area contributed by atoms with E-state index >= 15 is 0 Å². The van der Waals surface area contributed by atoms with Crippen LogP contribution in [0.2, 0.25) is 0 Å². The van der Waals surface area contributed by atoms with Gasteiger partial charge in [-0.2, -0.15) is 0 Å². The molecule has 2 heterocycles. The predicted octanol–water partition coefficient (Wildman–Crippen LogP) is 3.74. The zero-order valence-electron chi connectivity index (χ0n) is 12.7. The Kier molecular flexibility index (Phi) is 4.82. The molecule has 120 valence electrons. The average molecular weight is 393 g/mol. The van der Waals surface area contributed by atoms with Crippen LogP contribution in [0.3, 0.4) is 0 Å². The first kappa shape index (κ1) is 16.2. The molecule has 0 bridgehead atoms. The second-order valence-electron chi connectivity index (χ2n) is 5.60. The average Bonchev–Trinajstić information content (AvgIpc) is 3.17. The maximum absolute atomic E-state index is 12.5. The van der Waals surface area contributed by atoms with Gasteiger partial charge in [0.05, 0.1) is 17.6 Å². The molecule has 23 heavy (non-hydrogen) atoms. The molecule has 1 N–H and O–H groups in total. The van der Waals surface area contributed by atoms with Crippen molar-refractivity contribution in [2.75, 3.05) is 11.4 Å². The van der Waals surface area contributed by atoms with Crippen molar-refractivity contribution in [2.24, 2.45) is 5.92 Å². The number of hydrogen-bond acceptors (Lipinski definition) is 3. The fourth-order valence-corrected chi connectivity index (χ4v) is 3.96. The lowest BCUT2D eigenvalue weighted by Gasteiger charge is -2.19. The van der Waals surface area contributed by atoms with E-state index in [4.69, 9.17) is 0 Å². The van der Waals surface area contributed by atoms with Gasteiger partial charge in [-0.1, -0.05) is 18.2 Å². The molecular formula is C17H17BrN2O2S. The molecule has 6 heteroatoms. The van der Waals surface area contributed by atoms with Crippen LogP contribution < -0.4 is 10.2 Å². The number of carbonyl (C=O) groups is 2. The van der Waals surface area contributed by atoms with Crippen LogP contribution in [0.15, 0.2) is 46.3 Å². The van der Waals surface area contributed by atoms with Crippen LogP contribution in [0.4, 0.5) is 5.69 Å². The number of hydrogen-bond donors (Lipinski definition) is 1. The highest BCUT2D eigenvalue weighted by atomic mass is 79.9. The van der Waals surface area contributed by atoms with Crippen molar-refractivity contribution in [1.29, 1.82) is 0 Å². The second-order valence-corrected chi connectivity index (χ2v) is 7.44. The molecule has 2 unspecified atom stereocenters. The van der Waals surface area contributed by atoms with Crippen molar-refractivity contribution in [2.45, 2.75) is 19.4 Å². The third-order valence-electron chi connectivity index (χ3n) is 3.97. The minimum Gasteiger partial charge on any atom is -0.348 e. The number of thiophene rings is 1. The molecule has 0 aliphatic carbocycles. The number of anilines is 1. The summed E-state index contributed by atoms with van der Waals surface area (Å²) in [6, 6.07) is 11.5. The summed E-state index contributed by atoms with van der Waals surface area (Å²) in [6.07, 6.45) is 0.254. The van der Waals surface area contributed by atoms with Gasteiger partial charge in [-0.3, -0.25) is 9.59 Å². The molecule has 2 atom stereocenters. The molecule has 3 rings (SSSR count). The molecule has 1 aliphatic rings. The predicted molar refractivity (Wildman–Crippen MR) is 95.5 cm³/mol. The highest BCUT2D eigenvalue weighted by molar-refractivity contribution is 9.10. The number of benzene rings is 1. The van der Waals surface area contributed by atoms with E-state index in [1.807, 2.05) is 48.7 Å². The van der Waals surface area contributed by atoms with Crippen molar-refractivity contribution in [3.8, 4) is 0 Å². The SMILES string of the molecule is CC(NC(=O)C1CC(=O)N(c2ccccc2Br)C1)c1cccs1. The highest BCUT2D eigenvalue weighted by Gasteiger charge is 2.36. The molecule has 1 aromatic carbocycles. The minimum absolute atomic E-state index is 0.0131. The van der Waals surface area contributed by atoms with Crippen molar-refractivity contribution in [3.63, 3.8) is 0 Å². The third-order valence-corrected chi connectivity index (χ3v) is 5.69. The summed E-state index contributed by atoms with van der Waals surface area (Å²) in [5.41, 5.74) is 0.819. The molecule has 1 aliphatic heterocycles. The van der Waals surface area contributed by atoms with Gasteiger partial charge in [-0.25, -0.2) is 0 Å². The van der Waals surface area contributed by atoms with E-state index < -0.39 is 0 Å². The lowest BCUT2D eigenvalue weighted by atomic mass is 10.1. The first-order chi connectivity index (χ1) is 11.1. The Hall–Kier alpha value is -1.66. The Balaban J connectivity index is 1.67. The fourth-order valence-electron chi connectivity index (χ4n) is 2.73. The smallest absolute Gasteiger partial charge is 0.227 e. The van der Waals surface area contributed by atoms with Crippen molar-refractivity contribution >= 4 is 44.8 Å². The summed E-state index contributed by atoms with van der Waals surface area (Å²) in [5, 5.41) is 5.00. The van der Waals surface area contributed by atoms with Crippen LogP contribution in [0.25, 0.3) is 0 Å². The lowest BCUT2D eigenvalue weighted by molar-refractivity contribution is -0.126. The Morgan fingerprint density at radius 3 is 2.83 bits per heavy atom. The lowest BCUT2D eigenvalue weighted by Crippen LogP contribution is -2.34. The Morgan fingerprint density at radius 2 is 2.13 bits per heavy atom. The Labute approximate surface area is 147 Å². The number of amides is 2. The van der Waals surface area contributed by atoms with Gasteiger partial charge in [-0.15, -0.1) is 11.3 Å². The first-order valence-corrected chi connectivity index (χ1v) is 9.12. The van der Waals surface area contributed by atoms with E-state index in [1.165, 1.54) is 0 Å². The maximum Gasteiger partial charge on any atom is 0.227 e. The van der Waals surface area contributed by atoms with E-state index in [-0.39, 0.29) is 30.2 Å². The molecule has 1 saturated heterocycles. The third kappa shape index (κ3) is 3.48. The van der Waals surface area contributed by atoms with Gasteiger partial charge in [0.2, 0.25) is 11.8 Å². The van der Waals surface area contributed by atoms with E-state index in [9.17, 15) is 9.59 Å². The second kappa shape index (κ2) is 6.84. The first-order valence-electron chi connectivity index (χ1n) is 7.45. The summed E-state index contributed by atoms with van der Waals surface area (Å²) in [6.45, 7) is 2.39. The zero-order valence-corrected chi connectivity index (χ0v) is 15.1. The minimum atomic E-state index is -0.308. The van der Waals surface area contributed by atoms with E-state index in [1.54, 1.807) is 16.2 Å². The van der Waals surface area contributed by atoms with Gasteiger partial charge < -0.3 is 10.2 Å². The molecular weight excluding hydrogens is 376 g/mol. The van der Waals surface area contributed by atoms with Crippen LogP contribution in [0.1, 0.15) is 24.3 Å². The van der Waals surface area contributed by atoms with Crippen molar-refractivity contribution in [1.82, 2.24) is 5.32 Å². The molecule has 0 radical (unpaired) electrons. The van der Waals surface area contributed by atoms with Gasteiger partial charge in [-0.05, 0) is 46.4 Å². The van der Waals surface area contributed by atoms with Gasteiger partial charge in [0.15, 0.2) is 0 Å². The number of para-hydroxylation sites is 1. The molecule has 4 nitrogen and oxygen atoms in total. The summed E-state index contributed by atoms with van der Waals surface area (Å²) in [4.78, 5) is 27.5. The number of halogens is 1. The number of rotatable bonds is 4. The summed E-state index contributed by atoms with van der Waals surface area (Å²) < 4.78 is 0.862. The van der Waals surface area contributed by atoms with E-state index in [0.717, 1.165) is 15.0 Å². The van der Waals surface area contributed by atoms with Crippen LogP contribution in [-0.4, -0.2) is 18.4 Å². The number of nitrogens with zero attached hydrogens (tertiary/aromatic N) is 1. The van der Waals surface area contributed by atoms with Gasteiger partial charge in [0, 0.05) is 22.3 Å². The molecule has 2 aromatic rings. The molecule has 2 amide bonds. The number of nitrogens with one attached hydrogen (secondary N) is 1. The molecule has 0 spiro atoms. The summed E-state index contributed by atoms with van der Waals surface area (Å²) >= 11 is 5.08. The largest absolute Gasteiger partial charge is 0.348 e. The van der Waals surface area contributed by atoms with Crippen molar-refractivity contribution < 1.29 is 9.59 Å². The van der Waals surface area contributed by atoms with Crippen LogP contribution in [-0.2, 0) is 9.59 Å². The molecule has 1 aromatic heterocycles. The van der Waals surface area contributed by atoms with Gasteiger partial charge in [0.1, 0.15) is 0 Å². The van der Waals surface area contributed by atoms with E-state index in [0.29, 0.717) is 6.54 Å². The fraction of sp³-hybridized carbons (Fsp3) is 0.294. The maximum atomic E-state index is 12.5. The van der Waals surface area contributed by atoms with Crippen LogP contribution >= 0.6 is 27.3 Å². The van der Waals surface area contributed by atoms with Crippen molar-refractivity contribution in [3.05, 3.63) is 51.1 Å². The Morgan fingerprint density at radius 1 is 1.35 bits per heavy atom. The topological polar surface area (TPSA) is 49.4 Å². The highest BCUT2D eigenvalue weighted by Crippen LogP contribution is 2.31. The normalized spacial score (nSPS) is 19.0. The summed E-state index contributed by atoms with van der Waals surface area (Å²) in [5.74, 6) is -0.383. The standard InChI is InChI=1S/C17H17BrN2O2S/c1-11(15-7-4-8-23-15)19-17(22)12-9-16(21)20(10-12)14-6-3-2-5-13(14)18/h2-8,11-12H,9-10H2,1H3,(H,19,22). The molecule has 1 fully saturated rings. The number of carbonyl (C=O) groups excluding carboxylic acids is 2. The Bertz CT molecular complexity index is 717.